The molecule has 2 amide bonds. The largest absolute Gasteiger partial charge is 0.354 e. The molecule has 0 saturated carbocycles. The van der Waals surface area contributed by atoms with Crippen molar-refractivity contribution in [1.82, 2.24) is 16.0 Å². The van der Waals surface area contributed by atoms with Crippen LogP contribution in [0, 0.1) is 5.92 Å². The summed E-state index contributed by atoms with van der Waals surface area (Å²) in [5, 5.41) is 8.73. The number of rotatable bonds is 5. The van der Waals surface area contributed by atoms with Gasteiger partial charge in [-0.15, -0.1) is 0 Å². The van der Waals surface area contributed by atoms with E-state index in [1.54, 1.807) is 6.92 Å². The van der Waals surface area contributed by atoms with Crippen LogP contribution >= 0.6 is 0 Å². The van der Waals surface area contributed by atoms with E-state index in [0.717, 1.165) is 32.4 Å². The van der Waals surface area contributed by atoms with Gasteiger partial charge in [0.2, 0.25) is 11.8 Å². The molecule has 98 valence electrons. The lowest BCUT2D eigenvalue weighted by Gasteiger charge is -2.23. The molecule has 5 nitrogen and oxygen atoms in total. The molecular formula is C12H23N3O2. The van der Waals surface area contributed by atoms with Crippen LogP contribution in [0.15, 0.2) is 0 Å². The summed E-state index contributed by atoms with van der Waals surface area (Å²) in [5.41, 5.74) is 0. The molecule has 1 aliphatic rings. The first-order chi connectivity index (χ1) is 8.15. The summed E-state index contributed by atoms with van der Waals surface area (Å²) in [6.45, 7) is 6.08. The molecule has 1 fully saturated rings. The minimum atomic E-state index is -0.448. The molecule has 3 N–H and O–H groups in total. The zero-order valence-corrected chi connectivity index (χ0v) is 10.7. The Hall–Kier alpha value is -1.10. The van der Waals surface area contributed by atoms with Gasteiger partial charge in [0, 0.05) is 13.1 Å². The molecule has 0 spiro atoms. The highest BCUT2D eigenvalue weighted by Gasteiger charge is 2.23. The van der Waals surface area contributed by atoms with Gasteiger partial charge in [-0.25, -0.2) is 0 Å². The van der Waals surface area contributed by atoms with Crippen molar-refractivity contribution in [2.24, 2.45) is 5.92 Å². The van der Waals surface area contributed by atoms with Gasteiger partial charge in [-0.1, -0.05) is 6.92 Å². The van der Waals surface area contributed by atoms with Gasteiger partial charge in [-0.3, -0.25) is 9.59 Å². The monoisotopic (exact) mass is 241 g/mol. The first-order valence-electron chi connectivity index (χ1n) is 6.44. The smallest absolute Gasteiger partial charge is 0.242 e. The lowest BCUT2D eigenvalue weighted by atomic mass is 9.98. The molecule has 0 aromatic heterocycles. The second-order valence-electron chi connectivity index (χ2n) is 4.56. The third kappa shape index (κ3) is 4.73. The van der Waals surface area contributed by atoms with Gasteiger partial charge in [0.15, 0.2) is 0 Å². The molecular weight excluding hydrogens is 218 g/mol. The maximum Gasteiger partial charge on any atom is 0.242 e. The van der Waals surface area contributed by atoms with Crippen LogP contribution < -0.4 is 16.0 Å². The van der Waals surface area contributed by atoms with Crippen LogP contribution in [-0.4, -0.2) is 37.5 Å². The second-order valence-corrected chi connectivity index (χ2v) is 4.56. The Morgan fingerprint density at radius 1 is 1.47 bits per heavy atom. The molecule has 1 aliphatic heterocycles. The van der Waals surface area contributed by atoms with E-state index in [1.807, 2.05) is 6.92 Å². The average molecular weight is 241 g/mol. The number of nitrogens with one attached hydrogen (secondary N) is 3. The van der Waals surface area contributed by atoms with Gasteiger partial charge in [0.25, 0.3) is 0 Å². The Bertz CT molecular complexity index is 262. The van der Waals surface area contributed by atoms with E-state index in [0.29, 0.717) is 6.54 Å². The summed E-state index contributed by atoms with van der Waals surface area (Å²) in [7, 11) is 0. The van der Waals surface area contributed by atoms with Crippen molar-refractivity contribution in [3.8, 4) is 0 Å². The Morgan fingerprint density at radius 2 is 2.24 bits per heavy atom. The molecule has 1 saturated heterocycles. The Balaban J connectivity index is 2.31. The highest BCUT2D eigenvalue weighted by Crippen LogP contribution is 2.09. The van der Waals surface area contributed by atoms with Gasteiger partial charge in [-0.05, 0) is 32.7 Å². The predicted octanol–water partition coefficient (Wildman–Crippen LogP) is 0.0169. The number of piperidine rings is 1. The highest BCUT2D eigenvalue weighted by molar-refractivity contribution is 5.88. The summed E-state index contributed by atoms with van der Waals surface area (Å²) in [6, 6.07) is -0.448. The van der Waals surface area contributed by atoms with E-state index in [2.05, 4.69) is 16.0 Å². The summed E-state index contributed by atoms with van der Waals surface area (Å²) < 4.78 is 0. The molecule has 0 aromatic rings. The van der Waals surface area contributed by atoms with Crippen LogP contribution in [0.5, 0.6) is 0 Å². The fourth-order valence-corrected chi connectivity index (χ4v) is 1.87. The van der Waals surface area contributed by atoms with Gasteiger partial charge < -0.3 is 16.0 Å². The molecule has 2 atom stereocenters. The summed E-state index contributed by atoms with van der Waals surface area (Å²) in [4.78, 5) is 23.4. The Morgan fingerprint density at radius 3 is 2.82 bits per heavy atom. The van der Waals surface area contributed by atoms with Crippen LogP contribution in [0.4, 0.5) is 0 Å². The molecule has 17 heavy (non-hydrogen) atoms. The van der Waals surface area contributed by atoms with Gasteiger partial charge in [0.1, 0.15) is 6.04 Å². The van der Waals surface area contributed by atoms with Crippen molar-refractivity contribution in [1.29, 1.82) is 0 Å². The SMILES string of the molecule is CCCNC(=O)C(C)NC(=O)[C@H]1CCCNC1. The summed E-state index contributed by atoms with van der Waals surface area (Å²) >= 11 is 0. The Kier molecular flexibility index (Phi) is 5.97. The van der Waals surface area contributed by atoms with Gasteiger partial charge in [-0.2, -0.15) is 0 Å². The third-order valence-corrected chi connectivity index (χ3v) is 2.97. The van der Waals surface area contributed by atoms with E-state index in [-0.39, 0.29) is 17.7 Å². The number of carbonyl (C=O) groups is 2. The lowest BCUT2D eigenvalue weighted by Crippen LogP contribution is -2.49. The topological polar surface area (TPSA) is 70.2 Å². The van der Waals surface area contributed by atoms with Crippen molar-refractivity contribution in [2.45, 2.75) is 39.2 Å². The van der Waals surface area contributed by atoms with E-state index in [9.17, 15) is 9.59 Å². The van der Waals surface area contributed by atoms with Crippen LogP contribution in [0.3, 0.4) is 0 Å². The molecule has 1 rings (SSSR count). The maximum atomic E-state index is 11.9. The van der Waals surface area contributed by atoms with Crippen molar-refractivity contribution < 1.29 is 9.59 Å². The molecule has 0 aromatic carbocycles. The van der Waals surface area contributed by atoms with Crippen LogP contribution in [0.1, 0.15) is 33.1 Å². The van der Waals surface area contributed by atoms with E-state index in [4.69, 9.17) is 0 Å². The zero-order chi connectivity index (χ0) is 12.7. The number of carbonyl (C=O) groups excluding carboxylic acids is 2. The molecule has 1 unspecified atom stereocenters. The third-order valence-electron chi connectivity index (χ3n) is 2.97. The maximum absolute atomic E-state index is 11.9. The first kappa shape index (κ1) is 14.0. The van der Waals surface area contributed by atoms with Crippen LogP contribution in [0.25, 0.3) is 0 Å². The van der Waals surface area contributed by atoms with Crippen LogP contribution in [0.2, 0.25) is 0 Å². The predicted molar refractivity (Wildman–Crippen MR) is 66.5 cm³/mol. The molecule has 0 radical (unpaired) electrons. The highest BCUT2D eigenvalue weighted by atomic mass is 16.2. The molecule has 5 heteroatoms. The second kappa shape index (κ2) is 7.27. The summed E-state index contributed by atoms with van der Waals surface area (Å²) in [5.74, 6) is -0.120. The molecule has 0 bridgehead atoms. The van der Waals surface area contributed by atoms with Crippen LogP contribution in [-0.2, 0) is 9.59 Å². The minimum Gasteiger partial charge on any atom is -0.354 e. The fraction of sp³-hybridized carbons (Fsp3) is 0.833. The first-order valence-corrected chi connectivity index (χ1v) is 6.44. The van der Waals surface area contributed by atoms with Crippen molar-refractivity contribution >= 4 is 11.8 Å². The minimum absolute atomic E-state index is 0.00479. The average Bonchev–Trinajstić information content (AvgIpc) is 2.36. The van der Waals surface area contributed by atoms with Crippen molar-refractivity contribution in [2.75, 3.05) is 19.6 Å². The normalized spacial score (nSPS) is 21.6. The van der Waals surface area contributed by atoms with E-state index in [1.165, 1.54) is 0 Å². The number of hydrogen-bond acceptors (Lipinski definition) is 3. The van der Waals surface area contributed by atoms with Crippen molar-refractivity contribution in [3.05, 3.63) is 0 Å². The van der Waals surface area contributed by atoms with E-state index >= 15 is 0 Å². The molecule has 1 heterocycles. The van der Waals surface area contributed by atoms with Gasteiger partial charge in [0.05, 0.1) is 5.92 Å². The van der Waals surface area contributed by atoms with E-state index < -0.39 is 6.04 Å². The standard InChI is InChI=1S/C12H23N3O2/c1-3-6-14-11(16)9(2)15-12(17)10-5-4-7-13-8-10/h9-10,13H,3-8H2,1-2H3,(H,14,16)(H,15,17)/t9?,10-/m0/s1. The number of amides is 2. The summed E-state index contributed by atoms with van der Waals surface area (Å²) in [6.07, 6.45) is 2.83. The fourth-order valence-electron chi connectivity index (χ4n) is 1.87. The lowest BCUT2D eigenvalue weighted by molar-refractivity contribution is -0.131. The quantitative estimate of drug-likeness (QED) is 0.635. The zero-order valence-electron chi connectivity index (χ0n) is 10.7. The van der Waals surface area contributed by atoms with Crippen molar-refractivity contribution in [3.63, 3.8) is 0 Å². The molecule has 0 aliphatic carbocycles. The number of hydrogen-bond donors (Lipinski definition) is 3. The Labute approximate surface area is 103 Å². The van der Waals surface area contributed by atoms with Gasteiger partial charge >= 0.3 is 0 Å².